The summed E-state index contributed by atoms with van der Waals surface area (Å²) in [5, 5.41) is 4.02. The van der Waals surface area contributed by atoms with Gasteiger partial charge in [0, 0.05) is 17.9 Å². The van der Waals surface area contributed by atoms with Crippen LogP contribution in [0.1, 0.15) is 41.5 Å². The third-order valence-corrected chi connectivity index (χ3v) is 4.81. The summed E-state index contributed by atoms with van der Waals surface area (Å²) in [7, 11) is -0.543. The van der Waals surface area contributed by atoms with Gasteiger partial charge in [-0.3, -0.25) is 0 Å². The Morgan fingerprint density at radius 1 is 1.38 bits per heavy atom. The quantitative estimate of drug-likeness (QED) is 0.407. The molecule has 0 aliphatic carbocycles. The normalized spacial score (nSPS) is 25.2. The molecule has 116 valence electrons. The van der Waals surface area contributed by atoms with E-state index in [2.05, 4.69) is 27.7 Å². The maximum absolute atomic E-state index is 11.9. The van der Waals surface area contributed by atoms with Gasteiger partial charge in [0.05, 0.1) is 5.60 Å². The molecule has 0 radical (unpaired) electrons. The Bertz CT molecular complexity index is 535. The lowest BCUT2D eigenvalue weighted by Gasteiger charge is -2.30. The molecule has 21 heavy (non-hydrogen) atoms. The van der Waals surface area contributed by atoms with E-state index in [0.717, 1.165) is 4.68 Å². The smallest absolute Gasteiger partial charge is 0.442 e. The third-order valence-electron chi connectivity index (χ3n) is 3.26. The van der Waals surface area contributed by atoms with Gasteiger partial charge in [-0.1, -0.05) is 0 Å². The van der Waals surface area contributed by atoms with Gasteiger partial charge in [0.25, 0.3) is 0 Å². The molecule has 0 aromatic carbocycles. The van der Waals surface area contributed by atoms with E-state index in [-0.39, 0.29) is 0 Å². The predicted octanol–water partition coefficient (Wildman–Crippen LogP) is 2.34. The van der Waals surface area contributed by atoms with Gasteiger partial charge in [-0.25, -0.2) is 4.79 Å². The van der Waals surface area contributed by atoms with E-state index in [0.29, 0.717) is 5.46 Å². The van der Waals surface area contributed by atoms with Crippen LogP contribution in [0, 0.1) is 0 Å². The third kappa shape index (κ3) is 3.60. The summed E-state index contributed by atoms with van der Waals surface area (Å²) in [6, 6.07) is 0. The molecule has 1 unspecified atom stereocenters. The second kappa shape index (κ2) is 5.24. The Morgan fingerprint density at radius 3 is 2.48 bits per heavy atom. The fourth-order valence-electron chi connectivity index (χ4n) is 1.74. The van der Waals surface area contributed by atoms with Crippen LogP contribution in [-0.4, -0.2) is 37.8 Å². The van der Waals surface area contributed by atoms with Gasteiger partial charge < -0.3 is 14.0 Å². The van der Waals surface area contributed by atoms with Crippen molar-refractivity contribution in [3.05, 3.63) is 12.4 Å². The Morgan fingerprint density at radius 2 is 2.00 bits per heavy atom. The summed E-state index contributed by atoms with van der Waals surface area (Å²) in [5.74, 6) is 0. The van der Waals surface area contributed by atoms with Crippen LogP contribution in [0.25, 0.3) is 0 Å². The minimum absolute atomic E-state index is 0.438. The van der Waals surface area contributed by atoms with Gasteiger partial charge in [-0.2, -0.15) is 9.78 Å². The van der Waals surface area contributed by atoms with Crippen LogP contribution >= 0.6 is 22.6 Å². The maximum Gasteiger partial charge on any atom is 0.498 e. The van der Waals surface area contributed by atoms with Crippen LogP contribution < -0.4 is 5.46 Å². The van der Waals surface area contributed by atoms with Crippen LogP contribution in [0.4, 0.5) is 4.79 Å². The molecule has 1 fully saturated rings. The number of carbonyl (C=O) groups is 1. The highest BCUT2D eigenvalue weighted by molar-refractivity contribution is 14.1. The van der Waals surface area contributed by atoms with E-state index in [1.165, 1.54) is 0 Å². The summed E-state index contributed by atoms with van der Waals surface area (Å²) in [5.41, 5.74) is -0.312. The van der Waals surface area contributed by atoms with E-state index in [1.54, 1.807) is 12.4 Å². The lowest BCUT2D eigenvalue weighted by Crippen LogP contribution is -2.38. The second-order valence-electron chi connectivity index (χ2n) is 6.69. The fourth-order valence-corrected chi connectivity index (χ4v) is 2.10. The van der Waals surface area contributed by atoms with Crippen molar-refractivity contribution in [3.63, 3.8) is 0 Å². The SMILES string of the molecule is CC(C)(C)OC(=O)n1cc(B2OC(C)(C)C(C)(I)O2)cn1. The fraction of sp³-hybridized carbons (Fsp3) is 0.692. The summed E-state index contributed by atoms with van der Waals surface area (Å²) in [4.78, 5) is 11.9. The van der Waals surface area contributed by atoms with Gasteiger partial charge in [0.2, 0.25) is 0 Å². The number of carbonyl (C=O) groups excluding carboxylic acids is 1. The monoisotopic (exact) mass is 406 g/mol. The Labute approximate surface area is 138 Å². The van der Waals surface area contributed by atoms with Crippen LogP contribution in [0.2, 0.25) is 0 Å². The molecule has 1 atom stereocenters. The van der Waals surface area contributed by atoms with Crippen molar-refractivity contribution >= 4 is 41.3 Å². The number of alkyl halides is 1. The zero-order valence-electron chi connectivity index (χ0n) is 13.1. The van der Waals surface area contributed by atoms with Gasteiger partial charge in [0.15, 0.2) is 0 Å². The van der Waals surface area contributed by atoms with Gasteiger partial charge in [-0.05, 0) is 64.1 Å². The Hall–Kier alpha value is -0.605. The molecule has 2 rings (SSSR count). The van der Waals surface area contributed by atoms with Gasteiger partial charge in [0.1, 0.15) is 9.21 Å². The molecule has 0 N–H and O–H groups in total. The average molecular weight is 406 g/mol. The van der Waals surface area contributed by atoms with Crippen LogP contribution in [0.5, 0.6) is 0 Å². The highest BCUT2D eigenvalue weighted by Gasteiger charge is 2.53. The lowest BCUT2D eigenvalue weighted by atomic mass is 9.82. The molecule has 0 bridgehead atoms. The second-order valence-corrected chi connectivity index (χ2v) is 8.75. The van der Waals surface area contributed by atoms with Crippen molar-refractivity contribution in [1.29, 1.82) is 0 Å². The molecule has 1 saturated heterocycles. The highest BCUT2D eigenvalue weighted by atomic mass is 127. The first kappa shape index (κ1) is 16.8. The van der Waals surface area contributed by atoms with E-state index in [4.69, 9.17) is 14.0 Å². The number of rotatable bonds is 1. The first-order valence-electron chi connectivity index (χ1n) is 6.74. The van der Waals surface area contributed by atoms with Crippen LogP contribution in [0.15, 0.2) is 12.4 Å². The van der Waals surface area contributed by atoms with E-state index in [1.807, 2.05) is 41.5 Å². The Kier molecular flexibility index (Phi) is 4.18. The van der Waals surface area contributed by atoms with E-state index >= 15 is 0 Å². The number of halogens is 1. The lowest BCUT2D eigenvalue weighted by molar-refractivity contribution is 0.0514. The summed E-state index contributed by atoms with van der Waals surface area (Å²) < 4.78 is 17.8. The van der Waals surface area contributed by atoms with Gasteiger partial charge in [-0.15, -0.1) is 0 Å². The van der Waals surface area contributed by atoms with Crippen LogP contribution in [0.3, 0.4) is 0 Å². The molecule has 0 saturated carbocycles. The topological polar surface area (TPSA) is 62.6 Å². The summed E-state index contributed by atoms with van der Waals surface area (Å²) >= 11 is 2.22. The molecule has 1 aliphatic rings. The summed E-state index contributed by atoms with van der Waals surface area (Å²) in [6.07, 6.45) is 2.61. The van der Waals surface area contributed by atoms with Crippen molar-refractivity contribution in [2.45, 2.75) is 56.4 Å². The molecule has 2 heterocycles. The molecule has 1 aromatic rings. The zero-order valence-corrected chi connectivity index (χ0v) is 15.3. The van der Waals surface area contributed by atoms with Crippen molar-refractivity contribution in [1.82, 2.24) is 9.78 Å². The standard InChI is InChI=1S/C13H20BIN2O4/c1-11(2,3)19-10(18)17-8-9(7-16-17)14-20-12(4,5)13(6,15)21-14/h7-8H,1-6H3. The molecule has 1 aliphatic heterocycles. The number of nitrogens with zero attached hydrogens (tertiary/aromatic N) is 2. The highest BCUT2D eigenvalue weighted by Crippen LogP contribution is 2.41. The first-order chi connectivity index (χ1) is 9.41. The van der Waals surface area contributed by atoms with E-state index < -0.39 is 28.0 Å². The predicted molar refractivity (Wildman–Crippen MR) is 87.9 cm³/mol. The number of aromatic nitrogens is 2. The molecule has 1 aromatic heterocycles. The number of hydrogen-bond acceptors (Lipinski definition) is 5. The van der Waals surface area contributed by atoms with E-state index in [9.17, 15) is 4.79 Å². The molecule has 6 nitrogen and oxygen atoms in total. The zero-order chi connectivity index (χ0) is 16.1. The van der Waals surface area contributed by atoms with Crippen LogP contribution in [-0.2, 0) is 14.0 Å². The minimum Gasteiger partial charge on any atom is -0.442 e. The molecule has 0 spiro atoms. The number of hydrogen-bond donors (Lipinski definition) is 0. The van der Waals surface area contributed by atoms with Crippen molar-refractivity contribution < 1.29 is 18.8 Å². The maximum atomic E-state index is 11.9. The minimum atomic E-state index is -0.563. The van der Waals surface area contributed by atoms with Crippen molar-refractivity contribution in [2.75, 3.05) is 0 Å². The summed E-state index contributed by atoms with van der Waals surface area (Å²) in [6.45, 7) is 11.3. The molecule has 0 amide bonds. The molecule has 8 heteroatoms. The average Bonchev–Trinajstić information content (AvgIpc) is 2.80. The molecular weight excluding hydrogens is 386 g/mol. The Balaban J connectivity index is 2.13. The van der Waals surface area contributed by atoms with Crippen molar-refractivity contribution in [2.24, 2.45) is 0 Å². The number of ether oxygens (including phenoxy) is 1. The molecular formula is C13H20BIN2O4. The first-order valence-corrected chi connectivity index (χ1v) is 7.82. The largest absolute Gasteiger partial charge is 0.498 e. The van der Waals surface area contributed by atoms with Crippen molar-refractivity contribution in [3.8, 4) is 0 Å². The van der Waals surface area contributed by atoms with Gasteiger partial charge >= 0.3 is 13.2 Å².